The molecule has 6 heteroatoms. The Labute approximate surface area is 109 Å². The number of hydrogen-bond acceptors (Lipinski definition) is 4. The lowest BCUT2D eigenvalue weighted by molar-refractivity contribution is -0.135. The van der Waals surface area contributed by atoms with Gasteiger partial charge in [0.15, 0.2) is 0 Å². The summed E-state index contributed by atoms with van der Waals surface area (Å²) in [4.78, 5) is 36.0. The molecule has 1 aromatic rings. The molecule has 2 aliphatic heterocycles. The van der Waals surface area contributed by atoms with Gasteiger partial charge in [-0.2, -0.15) is 0 Å². The highest BCUT2D eigenvalue weighted by molar-refractivity contribution is 6.05. The summed E-state index contributed by atoms with van der Waals surface area (Å²) < 4.78 is 5.29. The summed E-state index contributed by atoms with van der Waals surface area (Å²) in [6.07, 6.45) is 0. The predicted octanol–water partition coefficient (Wildman–Crippen LogP) is -0.185. The Balaban J connectivity index is 1.83. The molecule has 2 aliphatic rings. The number of ether oxygens (including phenoxy) is 1. The zero-order chi connectivity index (χ0) is 13.4. The van der Waals surface area contributed by atoms with Crippen LogP contribution >= 0.6 is 0 Å². The summed E-state index contributed by atoms with van der Waals surface area (Å²) in [6, 6.07) is 5.32. The van der Waals surface area contributed by atoms with Crippen molar-refractivity contribution >= 4 is 17.7 Å². The van der Waals surface area contributed by atoms with Gasteiger partial charge in [-0.25, -0.2) is 0 Å². The fourth-order valence-electron chi connectivity index (χ4n) is 2.27. The first-order valence-corrected chi connectivity index (χ1v) is 5.95. The van der Waals surface area contributed by atoms with Crippen molar-refractivity contribution in [3.63, 3.8) is 0 Å². The second-order valence-electron chi connectivity index (χ2n) is 4.61. The number of benzene rings is 1. The Hall–Kier alpha value is -2.21. The monoisotopic (exact) mass is 260 g/mol. The Kier molecular flexibility index (Phi) is 2.79. The van der Waals surface area contributed by atoms with Crippen LogP contribution in [0.15, 0.2) is 18.2 Å². The lowest BCUT2D eigenvalue weighted by Gasteiger charge is -2.25. The summed E-state index contributed by atoms with van der Waals surface area (Å²) >= 11 is 0. The molecule has 1 N–H and O–H groups in total. The quantitative estimate of drug-likeness (QED) is 0.710. The second kappa shape index (κ2) is 4.47. The molecule has 0 saturated carbocycles. The topological polar surface area (TPSA) is 75.7 Å². The third kappa shape index (κ3) is 2.22. The first-order chi connectivity index (χ1) is 9.13. The van der Waals surface area contributed by atoms with Crippen molar-refractivity contribution in [2.24, 2.45) is 0 Å². The molecule has 1 aromatic carbocycles. The summed E-state index contributed by atoms with van der Waals surface area (Å²) in [5, 5.41) is 2.17. The van der Waals surface area contributed by atoms with Crippen molar-refractivity contribution in [3.8, 4) is 0 Å². The van der Waals surface area contributed by atoms with Crippen LogP contribution in [0.3, 0.4) is 0 Å². The number of carbonyl (C=O) groups is 3. The number of fused-ring (bicyclic) bond motifs is 1. The van der Waals surface area contributed by atoms with Gasteiger partial charge in [0, 0.05) is 5.56 Å². The molecule has 0 unspecified atom stereocenters. The zero-order valence-electron chi connectivity index (χ0n) is 10.1. The first-order valence-electron chi connectivity index (χ1n) is 5.95. The van der Waals surface area contributed by atoms with Crippen molar-refractivity contribution in [1.82, 2.24) is 10.2 Å². The summed E-state index contributed by atoms with van der Waals surface area (Å²) in [6.45, 7) is 0.889. The standard InChI is InChI=1S/C13H12N2O4/c16-11-4-15(5-12(17)14-11)13(18)8-1-2-9-6-19-7-10(9)3-8/h1-3H,4-7H2,(H,14,16,17). The Morgan fingerprint density at radius 2 is 1.79 bits per heavy atom. The maximum absolute atomic E-state index is 12.2. The van der Waals surface area contributed by atoms with Gasteiger partial charge in [-0.1, -0.05) is 6.07 Å². The molecule has 0 aromatic heterocycles. The van der Waals surface area contributed by atoms with E-state index in [0.717, 1.165) is 11.1 Å². The van der Waals surface area contributed by atoms with Gasteiger partial charge in [-0.05, 0) is 23.3 Å². The van der Waals surface area contributed by atoms with Crippen molar-refractivity contribution in [2.75, 3.05) is 13.1 Å². The molecule has 1 saturated heterocycles. The van der Waals surface area contributed by atoms with E-state index in [9.17, 15) is 14.4 Å². The van der Waals surface area contributed by atoms with Crippen LogP contribution in [0.5, 0.6) is 0 Å². The van der Waals surface area contributed by atoms with Gasteiger partial charge in [0.25, 0.3) is 5.91 Å². The van der Waals surface area contributed by atoms with Crippen molar-refractivity contribution in [3.05, 3.63) is 34.9 Å². The van der Waals surface area contributed by atoms with Crippen molar-refractivity contribution in [1.29, 1.82) is 0 Å². The van der Waals surface area contributed by atoms with E-state index in [4.69, 9.17) is 4.74 Å². The average Bonchev–Trinajstić information content (AvgIpc) is 2.83. The molecule has 0 aliphatic carbocycles. The molecule has 0 spiro atoms. The minimum atomic E-state index is -0.450. The molecule has 3 amide bonds. The van der Waals surface area contributed by atoms with Crippen LogP contribution in [0.2, 0.25) is 0 Å². The van der Waals surface area contributed by atoms with Gasteiger partial charge < -0.3 is 9.64 Å². The van der Waals surface area contributed by atoms with Gasteiger partial charge in [0.1, 0.15) is 13.1 Å². The number of carbonyl (C=O) groups excluding carboxylic acids is 3. The van der Waals surface area contributed by atoms with E-state index in [1.165, 1.54) is 4.90 Å². The van der Waals surface area contributed by atoms with Crippen LogP contribution in [0.25, 0.3) is 0 Å². The maximum Gasteiger partial charge on any atom is 0.254 e. The third-order valence-corrected chi connectivity index (χ3v) is 3.20. The van der Waals surface area contributed by atoms with E-state index in [1.807, 2.05) is 6.07 Å². The Bertz CT molecular complexity index is 566. The van der Waals surface area contributed by atoms with E-state index in [2.05, 4.69) is 5.32 Å². The Morgan fingerprint density at radius 1 is 1.11 bits per heavy atom. The SMILES string of the molecule is O=C1CN(C(=O)c2ccc3c(c2)COC3)CC(=O)N1. The van der Waals surface area contributed by atoms with E-state index in [1.54, 1.807) is 12.1 Å². The molecule has 2 heterocycles. The number of rotatable bonds is 1. The molecule has 3 rings (SSSR count). The third-order valence-electron chi connectivity index (χ3n) is 3.20. The number of nitrogens with one attached hydrogen (secondary N) is 1. The molecule has 19 heavy (non-hydrogen) atoms. The summed E-state index contributed by atoms with van der Waals surface area (Å²) in [5.74, 6) is -1.21. The predicted molar refractivity (Wildman–Crippen MR) is 64.0 cm³/mol. The van der Waals surface area contributed by atoms with Gasteiger partial charge in [0.05, 0.1) is 13.2 Å². The molecular formula is C13H12N2O4. The largest absolute Gasteiger partial charge is 0.372 e. The summed E-state index contributed by atoms with van der Waals surface area (Å²) in [7, 11) is 0. The van der Waals surface area contributed by atoms with E-state index >= 15 is 0 Å². The van der Waals surface area contributed by atoms with Crippen LogP contribution in [0.1, 0.15) is 21.5 Å². The summed E-state index contributed by atoms with van der Waals surface area (Å²) in [5.41, 5.74) is 2.54. The van der Waals surface area contributed by atoms with Crippen LogP contribution in [0.4, 0.5) is 0 Å². The zero-order valence-corrected chi connectivity index (χ0v) is 10.1. The second-order valence-corrected chi connectivity index (χ2v) is 4.61. The highest BCUT2D eigenvalue weighted by Crippen LogP contribution is 2.21. The fraction of sp³-hybridized carbons (Fsp3) is 0.308. The molecule has 6 nitrogen and oxygen atoms in total. The number of imide groups is 1. The average molecular weight is 260 g/mol. The van der Waals surface area contributed by atoms with Crippen LogP contribution in [0, 0.1) is 0 Å². The Morgan fingerprint density at radius 3 is 2.53 bits per heavy atom. The number of amides is 3. The van der Waals surface area contributed by atoms with E-state index in [-0.39, 0.29) is 19.0 Å². The minimum absolute atomic E-state index is 0.0852. The highest BCUT2D eigenvalue weighted by Gasteiger charge is 2.27. The highest BCUT2D eigenvalue weighted by atomic mass is 16.5. The molecule has 0 radical (unpaired) electrons. The maximum atomic E-state index is 12.2. The van der Waals surface area contributed by atoms with Gasteiger partial charge in [0.2, 0.25) is 11.8 Å². The number of nitrogens with zero attached hydrogens (tertiary/aromatic N) is 1. The van der Waals surface area contributed by atoms with E-state index < -0.39 is 11.8 Å². The first kappa shape index (κ1) is 11.9. The molecule has 0 bridgehead atoms. The molecule has 98 valence electrons. The van der Waals surface area contributed by atoms with E-state index in [0.29, 0.717) is 18.8 Å². The van der Waals surface area contributed by atoms with Crippen molar-refractivity contribution in [2.45, 2.75) is 13.2 Å². The van der Waals surface area contributed by atoms with Gasteiger partial charge >= 0.3 is 0 Å². The van der Waals surface area contributed by atoms with Gasteiger partial charge in [-0.15, -0.1) is 0 Å². The van der Waals surface area contributed by atoms with Gasteiger partial charge in [-0.3, -0.25) is 19.7 Å². The lowest BCUT2D eigenvalue weighted by atomic mass is 10.1. The molecule has 0 atom stereocenters. The fourth-order valence-corrected chi connectivity index (χ4v) is 2.27. The lowest BCUT2D eigenvalue weighted by Crippen LogP contribution is -2.53. The van der Waals surface area contributed by atoms with Crippen LogP contribution < -0.4 is 5.32 Å². The van der Waals surface area contributed by atoms with Crippen LogP contribution in [-0.4, -0.2) is 35.7 Å². The number of hydrogen-bond donors (Lipinski definition) is 1. The molecule has 1 fully saturated rings. The van der Waals surface area contributed by atoms with Crippen LogP contribution in [-0.2, 0) is 27.5 Å². The number of piperazine rings is 1. The minimum Gasteiger partial charge on any atom is -0.372 e. The normalized spacial score (nSPS) is 18.2. The molecular weight excluding hydrogens is 248 g/mol. The smallest absolute Gasteiger partial charge is 0.254 e. The van der Waals surface area contributed by atoms with Crippen molar-refractivity contribution < 1.29 is 19.1 Å².